The summed E-state index contributed by atoms with van der Waals surface area (Å²) in [6, 6.07) is 0. The summed E-state index contributed by atoms with van der Waals surface area (Å²) in [5.74, 6) is 0.234. The zero-order valence-electron chi connectivity index (χ0n) is 11.7. The third kappa shape index (κ3) is 3.91. The molecule has 18 heavy (non-hydrogen) atoms. The summed E-state index contributed by atoms with van der Waals surface area (Å²) in [5.41, 5.74) is 0. The molecule has 0 aromatic rings. The summed E-state index contributed by atoms with van der Waals surface area (Å²) in [4.78, 5) is 0. The van der Waals surface area contributed by atoms with Crippen LogP contribution in [0.1, 0.15) is 39.5 Å². The van der Waals surface area contributed by atoms with Crippen LogP contribution in [0.15, 0.2) is 0 Å². The number of hydrogen-bond acceptors (Lipinski definition) is 3. The van der Waals surface area contributed by atoms with E-state index in [4.69, 9.17) is 0 Å². The van der Waals surface area contributed by atoms with Crippen LogP contribution in [0.3, 0.4) is 0 Å². The number of hydrogen-bond donors (Lipinski definition) is 1. The lowest BCUT2D eigenvalue weighted by molar-refractivity contribution is 0.0900. The molecule has 1 unspecified atom stereocenters. The second-order valence-corrected chi connectivity index (χ2v) is 7.20. The van der Waals surface area contributed by atoms with Gasteiger partial charge in [0, 0.05) is 26.7 Å². The minimum atomic E-state index is -3.30. The number of piperidine rings is 1. The van der Waals surface area contributed by atoms with Gasteiger partial charge in [-0.05, 0) is 32.1 Å². The highest BCUT2D eigenvalue weighted by Gasteiger charge is 2.31. The average molecular weight is 278 g/mol. The second-order valence-electron chi connectivity index (χ2n) is 5.16. The fraction of sp³-hybridized carbons (Fsp3) is 1.00. The van der Waals surface area contributed by atoms with Crippen LogP contribution in [0.2, 0.25) is 0 Å². The number of aliphatic hydroxyl groups is 1. The first kappa shape index (κ1) is 15.9. The lowest BCUT2D eigenvalue weighted by atomic mass is 9.93. The molecule has 1 saturated heterocycles. The van der Waals surface area contributed by atoms with Gasteiger partial charge in [0.2, 0.25) is 0 Å². The van der Waals surface area contributed by atoms with E-state index in [0.717, 1.165) is 25.7 Å². The van der Waals surface area contributed by atoms with Crippen LogP contribution in [0.25, 0.3) is 0 Å². The minimum absolute atomic E-state index is 0.234. The topological polar surface area (TPSA) is 60.9 Å². The summed E-state index contributed by atoms with van der Waals surface area (Å²) < 4.78 is 27.5. The highest BCUT2D eigenvalue weighted by atomic mass is 32.2. The van der Waals surface area contributed by atoms with E-state index >= 15 is 0 Å². The minimum Gasteiger partial charge on any atom is -0.393 e. The Kier molecular flexibility index (Phi) is 6.04. The molecule has 1 N–H and O–H groups in total. The molecule has 1 rings (SSSR count). The van der Waals surface area contributed by atoms with E-state index < -0.39 is 10.2 Å². The highest BCUT2D eigenvalue weighted by molar-refractivity contribution is 7.86. The average Bonchev–Trinajstić information content (AvgIpc) is 2.35. The normalized spacial score (nSPS) is 21.4. The predicted octanol–water partition coefficient (Wildman–Crippen LogP) is 1.06. The molecule has 1 aliphatic rings. The van der Waals surface area contributed by atoms with Crippen molar-refractivity contribution in [1.82, 2.24) is 8.61 Å². The van der Waals surface area contributed by atoms with E-state index in [2.05, 4.69) is 6.92 Å². The van der Waals surface area contributed by atoms with Gasteiger partial charge in [-0.3, -0.25) is 0 Å². The summed E-state index contributed by atoms with van der Waals surface area (Å²) >= 11 is 0. The third-order valence-corrected chi connectivity index (χ3v) is 5.72. The smallest absolute Gasteiger partial charge is 0.281 e. The van der Waals surface area contributed by atoms with E-state index in [1.807, 2.05) is 0 Å². The summed E-state index contributed by atoms with van der Waals surface area (Å²) in [7, 11) is -1.65. The Balaban J connectivity index is 2.55. The Morgan fingerprint density at radius 1 is 1.39 bits per heavy atom. The molecule has 0 aromatic heterocycles. The zero-order chi connectivity index (χ0) is 13.8. The van der Waals surface area contributed by atoms with E-state index in [1.54, 1.807) is 18.3 Å². The molecule has 1 fully saturated rings. The Hall–Kier alpha value is -0.170. The molecule has 0 amide bonds. The molecule has 0 bridgehead atoms. The van der Waals surface area contributed by atoms with Crippen molar-refractivity contribution in [1.29, 1.82) is 0 Å². The van der Waals surface area contributed by atoms with E-state index in [9.17, 15) is 13.5 Å². The van der Waals surface area contributed by atoms with Gasteiger partial charge >= 0.3 is 0 Å². The van der Waals surface area contributed by atoms with Crippen LogP contribution in [-0.2, 0) is 10.2 Å². The van der Waals surface area contributed by atoms with Crippen LogP contribution < -0.4 is 0 Å². The number of aliphatic hydroxyl groups excluding tert-OH is 1. The number of nitrogens with zero attached hydrogens (tertiary/aromatic N) is 2. The SMILES string of the molecule is CCCCN(C)S(=O)(=O)N1CCC(C(C)O)CC1. The van der Waals surface area contributed by atoms with Crippen molar-refractivity contribution in [3.63, 3.8) is 0 Å². The second kappa shape index (κ2) is 6.84. The molecule has 0 spiro atoms. The predicted molar refractivity (Wildman–Crippen MR) is 72.4 cm³/mol. The van der Waals surface area contributed by atoms with Crippen molar-refractivity contribution in [2.45, 2.75) is 45.6 Å². The maximum absolute atomic E-state index is 12.3. The van der Waals surface area contributed by atoms with Crippen molar-refractivity contribution in [3.8, 4) is 0 Å². The van der Waals surface area contributed by atoms with Crippen molar-refractivity contribution in [3.05, 3.63) is 0 Å². The van der Waals surface area contributed by atoms with Crippen molar-refractivity contribution in [2.75, 3.05) is 26.7 Å². The Morgan fingerprint density at radius 2 is 1.94 bits per heavy atom. The maximum atomic E-state index is 12.3. The molecule has 1 atom stereocenters. The van der Waals surface area contributed by atoms with Gasteiger partial charge in [-0.15, -0.1) is 0 Å². The Morgan fingerprint density at radius 3 is 2.39 bits per heavy atom. The van der Waals surface area contributed by atoms with Crippen molar-refractivity contribution >= 4 is 10.2 Å². The van der Waals surface area contributed by atoms with Gasteiger partial charge in [0.05, 0.1) is 6.10 Å². The number of unbranched alkanes of at least 4 members (excludes halogenated alkanes) is 1. The number of rotatable bonds is 6. The van der Waals surface area contributed by atoms with E-state index in [-0.39, 0.29) is 12.0 Å². The van der Waals surface area contributed by atoms with Gasteiger partial charge in [0.1, 0.15) is 0 Å². The van der Waals surface area contributed by atoms with Gasteiger partial charge in [-0.1, -0.05) is 13.3 Å². The van der Waals surface area contributed by atoms with Crippen LogP contribution in [0, 0.1) is 5.92 Å². The van der Waals surface area contributed by atoms with E-state index in [0.29, 0.717) is 19.6 Å². The van der Waals surface area contributed by atoms with Crippen molar-refractivity contribution in [2.24, 2.45) is 5.92 Å². The Bertz CT molecular complexity index is 335. The Labute approximate surface area is 111 Å². The van der Waals surface area contributed by atoms with Crippen LogP contribution in [-0.4, -0.2) is 54.9 Å². The molecular weight excluding hydrogens is 252 g/mol. The molecular formula is C12H26N2O3S. The molecule has 6 heteroatoms. The fourth-order valence-corrected chi connectivity index (χ4v) is 3.71. The first-order chi connectivity index (χ1) is 8.39. The van der Waals surface area contributed by atoms with E-state index in [1.165, 1.54) is 4.31 Å². The third-order valence-electron chi connectivity index (χ3n) is 3.73. The van der Waals surface area contributed by atoms with Gasteiger partial charge in [-0.2, -0.15) is 17.0 Å². The zero-order valence-corrected chi connectivity index (χ0v) is 12.5. The lowest BCUT2D eigenvalue weighted by Crippen LogP contribution is -2.47. The molecule has 1 aliphatic heterocycles. The first-order valence-electron chi connectivity index (χ1n) is 6.79. The molecule has 0 aromatic carbocycles. The van der Waals surface area contributed by atoms with Gasteiger partial charge in [0.15, 0.2) is 0 Å². The first-order valence-corrected chi connectivity index (χ1v) is 8.18. The standard InChI is InChI=1S/C12H26N2O3S/c1-4-5-8-13(3)18(16,17)14-9-6-12(7-10-14)11(2)15/h11-12,15H,4-10H2,1-3H3. The van der Waals surface area contributed by atoms with Gasteiger partial charge in [-0.25, -0.2) is 0 Å². The van der Waals surface area contributed by atoms with Crippen LogP contribution in [0.4, 0.5) is 0 Å². The summed E-state index contributed by atoms with van der Waals surface area (Å²) in [6.07, 6.45) is 3.04. The largest absolute Gasteiger partial charge is 0.393 e. The van der Waals surface area contributed by atoms with Crippen molar-refractivity contribution < 1.29 is 13.5 Å². The maximum Gasteiger partial charge on any atom is 0.281 e. The lowest BCUT2D eigenvalue weighted by Gasteiger charge is -2.34. The summed E-state index contributed by atoms with van der Waals surface area (Å²) in [6.45, 7) is 5.45. The molecule has 0 saturated carbocycles. The fourth-order valence-electron chi connectivity index (χ4n) is 2.28. The molecule has 5 nitrogen and oxygen atoms in total. The molecule has 0 aliphatic carbocycles. The molecule has 1 heterocycles. The molecule has 108 valence electrons. The summed E-state index contributed by atoms with van der Waals surface area (Å²) in [5, 5.41) is 9.51. The van der Waals surface area contributed by atoms with Crippen LogP contribution in [0.5, 0.6) is 0 Å². The van der Waals surface area contributed by atoms with Crippen LogP contribution >= 0.6 is 0 Å². The van der Waals surface area contributed by atoms with Gasteiger partial charge < -0.3 is 5.11 Å². The quantitative estimate of drug-likeness (QED) is 0.790. The monoisotopic (exact) mass is 278 g/mol. The molecule has 0 radical (unpaired) electrons. The van der Waals surface area contributed by atoms with Gasteiger partial charge in [0.25, 0.3) is 10.2 Å². The highest BCUT2D eigenvalue weighted by Crippen LogP contribution is 2.23.